The molecule has 0 saturated heterocycles. The third-order valence-electron chi connectivity index (χ3n) is 2.66. The van der Waals surface area contributed by atoms with Crippen molar-refractivity contribution >= 4 is 0 Å². The molecule has 1 aliphatic rings. The molecule has 1 heteroatoms. The molecule has 0 amide bonds. The predicted molar refractivity (Wildman–Crippen MR) is 58.0 cm³/mol. The van der Waals surface area contributed by atoms with Crippen LogP contribution in [0.15, 0.2) is 42.5 Å². The minimum Gasteiger partial charge on any atom is -0.373 e. The Morgan fingerprint density at radius 3 is 2.71 bits per heavy atom. The van der Waals surface area contributed by atoms with Gasteiger partial charge in [0.1, 0.15) is 0 Å². The van der Waals surface area contributed by atoms with Crippen LogP contribution in [-0.2, 0) is 11.3 Å². The van der Waals surface area contributed by atoms with Crippen molar-refractivity contribution in [2.45, 2.75) is 32.0 Å². The van der Waals surface area contributed by atoms with Crippen LogP contribution in [-0.4, -0.2) is 6.10 Å². The van der Waals surface area contributed by atoms with Crippen LogP contribution in [0, 0.1) is 0 Å². The summed E-state index contributed by atoms with van der Waals surface area (Å²) in [6, 6.07) is 10.3. The molecule has 1 unspecified atom stereocenters. The number of hydrogen-bond acceptors (Lipinski definition) is 1. The van der Waals surface area contributed by atoms with Crippen LogP contribution in [0.4, 0.5) is 0 Å². The molecular weight excluding hydrogens is 172 g/mol. The molecule has 1 aromatic carbocycles. The summed E-state index contributed by atoms with van der Waals surface area (Å²) in [4.78, 5) is 0. The smallest absolute Gasteiger partial charge is 0.0720 e. The van der Waals surface area contributed by atoms with Gasteiger partial charge in [-0.2, -0.15) is 0 Å². The van der Waals surface area contributed by atoms with Crippen LogP contribution in [0.25, 0.3) is 0 Å². The molecule has 0 heterocycles. The minimum atomic E-state index is 0.405. The van der Waals surface area contributed by atoms with Crippen molar-refractivity contribution in [1.29, 1.82) is 0 Å². The summed E-state index contributed by atoms with van der Waals surface area (Å²) in [7, 11) is 0. The number of ether oxygens (including phenoxy) is 1. The Morgan fingerprint density at radius 2 is 2.07 bits per heavy atom. The topological polar surface area (TPSA) is 9.23 Å². The van der Waals surface area contributed by atoms with E-state index in [4.69, 9.17) is 4.74 Å². The van der Waals surface area contributed by atoms with Gasteiger partial charge in [0.25, 0.3) is 0 Å². The van der Waals surface area contributed by atoms with Crippen LogP contribution < -0.4 is 0 Å². The average Bonchev–Trinajstić information content (AvgIpc) is 2.63. The third kappa shape index (κ3) is 2.46. The van der Waals surface area contributed by atoms with Gasteiger partial charge in [0.05, 0.1) is 12.7 Å². The van der Waals surface area contributed by atoms with Crippen LogP contribution >= 0.6 is 0 Å². The van der Waals surface area contributed by atoms with Crippen molar-refractivity contribution in [3.63, 3.8) is 0 Å². The summed E-state index contributed by atoms with van der Waals surface area (Å²) in [6.45, 7) is 4.71. The Bertz CT molecular complexity index is 302. The van der Waals surface area contributed by atoms with E-state index in [2.05, 4.69) is 18.7 Å². The van der Waals surface area contributed by atoms with Crippen molar-refractivity contribution in [2.75, 3.05) is 0 Å². The standard InChI is InChI=1S/C13H16O/c1-11-7-8-13(9-11)14-10-12-5-3-2-4-6-12/h2-6,13H,1,7-10H2. The van der Waals surface area contributed by atoms with Gasteiger partial charge in [-0.25, -0.2) is 0 Å². The van der Waals surface area contributed by atoms with Gasteiger partial charge in [0.15, 0.2) is 0 Å². The summed E-state index contributed by atoms with van der Waals surface area (Å²) in [5, 5.41) is 0. The molecule has 0 radical (unpaired) electrons. The molecule has 0 N–H and O–H groups in total. The first-order valence-corrected chi connectivity index (χ1v) is 5.17. The Labute approximate surface area is 85.4 Å². The summed E-state index contributed by atoms with van der Waals surface area (Å²) < 4.78 is 5.80. The predicted octanol–water partition coefficient (Wildman–Crippen LogP) is 3.31. The fourth-order valence-corrected chi connectivity index (χ4v) is 1.82. The molecule has 1 aromatic rings. The van der Waals surface area contributed by atoms with Crippen molar-refractivity contribution < 1.29 is 4.74 Å². The lowest BCUT2D eigenvalue weighted by atomic mass is 10.2. The van der Waals surface area contributed by atoms with E-state index >= 15 is 0 Å². The number of hydrogen-bond donors (Lipinski definition) is 0. The van der Waals surface area contributed by atoms with E-state index in [1.807, 2.05) is 18.2 Å². The molecule has 1 fully saturated rings. The lowest BCUT2D eigenvalue weighted by Crippen LogP contribution is -2.07. The molecule has 1 saturated carbocycles. The maximum Gasteiger partial charge on any atom is 0.0720 e. The van der Waals surface area contributed by atoms with Crippen LogP contribution in [0.1, 0.15) is 24.8 Å². The average molecular weight is 188 g/mol. The summed E-state index contributed by atoms with van der Waals surface area (Å²) >= 11 is 0. The third-order valence-corrected chi connectivity index (χ3v) is 2.66. The zero-order valence-electron chi connectivity index (χ0n) is 8.41. The van der Waals surface area contributed by atoms with Crippen molar-refractivity contribution in [2.24, 2.45) is 0 Å². The zero-order valence-corrected chi connectivity index (χ0v) is 8.41. The quantitative estimate of drug-likeness (QED) is 0.661. The largest absolute Gasteiger partial charge is 0.373 e. The second-order valence-corrected chi connectivity index (χ2v) is 3.91. The molecule has 0 spiro atoms. The van der Waals surface area contributed by atoms with Gasteiger partial charge in [0.2, 0.25) is 0 Å². The highest BCUT2D eigenvalue weighted by Gasteiger charge is 2.17. The molecule has 0 aliphatic heterocycles. The normalized spacial score (nSPS) is 21.4. The minimum absolute atomic E-state index is 0.405. The fraction of sp³-hybridized carbons (Fsp3) is 0.385. The fourth-order valence-electron chi connectivity index (χ4n) is 1.82. The molecule has 1 aliphatic carbocycles. The first-order valence-electron chi connectivity index (χ1n) is 5.17. The van der Waals surface area contributed by atoms with E-state index in [0.717, 1.165) is 25.9 Å². The second kappa shape index (κ2) is 4.43. The van der Waals surface area contributed by atoms with E-state index < -0.39 is 0 Å². The van der Waals surface area contributed by atoms with Gasteiger partial charge < -0.3 is 4.74 Å². The Kier molecular flexibility index (Phi) is 3.00. The van der Waals surface area contributed by atoms with E-state index in [1.165, 1.54) is 11.1 Å². The van der Waals surface area contributed by atoms with Gasteiger partial charge in [-0.05, 0) is 24.8 Å². The second-order valence-electron chi connectivity index (χ2n) is 3.91. The van der Waals surface area contributed by atoms with Gasteiger partial charge in [0, 0.05) is 0 Å². The zero-order chi connectivity index (χ0) is 9.80. The highest BCUT2D eigenvalue weighted by atomic mass is 16.5. The number of benzene rings is 1. The van der Waals surface area contributed by atoms with E-state index in [1.54, 1.807) is 0 Å². The Hall–Kier alpha value is -1.08. The van der Waals surface area contributed by atoms with Crippen LogP contribution in [0.2, 0.25) is 0 Å². The molecule has 0 bridgehead atoms. The highest BCUT2D eigenvalue weighted by Crippen LogP contribution is 2.26. The highest BCUT2D eigenvalue weighted by molar-refractivity contribution is 5.13. The summed E-state index contributed by atoms with van der Waals surface area (Å²) in [6.07, 6.45) is 3.74. The summed E-state index contributed by atoms with van der Waals surface area (Å²) in [5.74, 6) is 0. The van der Waals surface area contributed by atoms with Gasteiger partial charge in [-0.3, -0.25) is 0 Å². The lowest BCUT2D eigenvalue weighted by molar-refractivity contribution is 0.0475. The monoisotopic (exact) mass is 188 g/mol. The maximum atomic E-state index is 5.80. The maximum absolute atomic E-state index is 5.80. The van der Waals surface area contributed by atoms with E-state index in [9.17, 15) is 0 Å². The first-order chi connectivity index (χ1) is 6.84. The lowest BCUT2D eigenvalue weighted by Gasteiger charge is -2.10. The molecule has 0 aromatic heterocycles. The van der Waals surface area contributed by atoms with Gasteiger partial charge >= 0.3 is 0 Å². The molecule has 74 valence electrons. The van der Waals surface area contributed by atoms with E-state index in [-0.39, 0.29) is 0 Å². The molecular formula is C13H16O. The summed E-state index contributed by atoms with van der Waals surface area (Å²) in [5.41, 5.74) is 2.59. The van der Waals surface area contributed by atoms with Crippen molar-refractivity contribution in [1.82, 2.24) is 0 Å². The Balaban J connectivity index is 1.80. The molecule has 14 heavy (non-hydrogen) atoms. The SMILES string of the molecule is C=C1CCC(OCc2ccccc2)C1. The van der Waals surface area contributed by atoms with Gasteiger partial charge in [-0.1, -0.05) is 42.5 Å². The van der Waals surface area contributed by atoms with E-state index in [0.29, 0.717) is 6.10 Å². The Morgan fingerprint density at radius 1 is 1.29 bits per heavy atom. The molecule has 1 nitrogen and oxygen atoms in total. The van der Waals surface area contributed by atoms with Crippen LogP contribution in [0.5, 0.6) is 0 Å². The number of rotatable bonds is 3. The molecule has 2 rings (SSSR count). The van der Waals surface area contributed by atoms with Crippen molar-refractivity contribution in [3.8, 4) is 0 Å². The molecule has 1 atom stereocenters. The van der Waals surface area contributed by atoms with Gasteiger partial charge in [-0.15, -0.1) is 0 Å². The van der Waals surface area contributed by atoms with Crippen LogP contribution in [0.3, 0.4) is 0 Å². The van der Waals surface area contributed by atoms with Crippen molar-refractivity contribution in [3.05, 3.63) is 48.0 Å². The first kappa shape index (κ1) is 9.47.